The summed E-state index contributed by atoms with van der Waals surface area (Å²) in [6.07, 6.45) is 0. The van der Waals surface area contributed by atoms with Gasteiger partial charge in [-0.05, 0) is 44.2 Å². The van der Waals surface area contributed by atoms with Crippen LogP contribution in [-0.2, 0) is 4.79 Å². The number of carbonyl (C=O) groups is 2. The lowest BCUT2D eigenvalue weighted by atomic mass is 10.1. The van der Waals surface area contributed by atoms with Crippen LogP contribution in [0.5, 0.6) is 0 Å². The Labute approximate surface area is 152 Å². The van der Waals surface area contributed by atoms with Crippen LogP contribution in [0.15, 0.2) is 48.5 Å². The number of carbonyl (C=O) groups excluding carboxylic acids is 2. The van der Waals surface area contributed by atoms with Crippen LogP contribution >= 0.6 is 11.6 Å². The first-order valence-corrected chi connectivity index (χ1v) is 8.64. The molecule has 25 heavy (non-hydrogen) atoms. The number of rotatable bonds is 7. The monoisotopic (exact) mass is 360 g/mol. The molecule has 2 amide bonds. The topological polar surface area (TPSA) is 74.8 Å². The Morgan fingerprint density at radius 3 is 2.64 bits per heavy atom. The van der Waals surface area contributed by atoms with E-state index in [-0.39, 0.29) is 24.4 Å². The minimum atomic E-state index is -0.153. The second-order valence-electron chi connectivity index (χ2n) is 5.77. The number of quaternary nitrogens is 1. The molecule has 0 fully saturated rings. The summed E-state index contributed by atoms with van der Waals surface area (Å²) >= 11 is 6.00. The van der Waals surface area contributed by atoms with Crippen molar-refractivity contribution in [1.29, 1.82) is 0 Å². The van der Waals surface area contributed by atoms with E-state index in [1.165, 1.54) is 0 Å². The van der Waals surface area contributed by atoms with Gasteiger partial charge in [-0.3, -0.25) is 9.59 Å². The first-order valence-electron chi connectivity index (χ1n) is 8.26. The molecule has 0 saturated heterocycles. The Balaban J connectivity index is 1.90. The third-order valence-corrected chi connectivity index (χ3v) is 4.01. The van der Waals surface area contributed by atoms with Crippen LogP contribution in [0.1, 0.15) is 35.8 Å². The van der Waals surface area contributed by atoms with Gasteiger partial charge in [0.15, 0.2) is 6.54 Å². The van der Waals surface area contributed by atoms with Crippen molar-refractivity contribution in [2.75, 3.05) is 18.4 Å². The van der Waals surface area contributed by atoms with Gasteiger partial charge >= 0.3 is 0 Å². The van der Waals surface area contributed by atoms with Crippen LogP contribution in [0, 0.1) is 0 Å². The van der Waals surface area contributed by atoms with Crippen molar-refractivity contribution in [2.45, 2.75) is 19.9 Å². The van der Waals surface area contributed by atoms with Crippen LogP contribution in [0.2, 0.25) is 5.02 Å². The molecule has 0 radical (unpaired) electrons. The normalized spacial score (nSPS) is 11.6. The molecule has 0 spiro atoms. The minimum Gasteiger partial charge on any atom is -0.352 e. The molecule has 0 aliphatic carbocycles. The van der Waals surface area contributed by atoms with Gasteiger partial charge in [-0.15, -0.1) is 0 Å². The van der Waals surface area contributed by atoms with E-state index in [4.69, 9.17) is 11.6 Å². The first-order chi connectivity index (χ1) is 12.0. The van der Waals surface area contributed by atoms with Gasteiger partial charge in [0.25, 0.3) is 11.8 Å². The number of halogens is 1. The highest BCUT2D eigenvalue weighted by molar-refractivity contribution is 6.30. The van der Waals surface area contributed by atoms with Crippen LogP contribution < -0.4 is 16.0 Å². The van der Waals surface area contributed by atoms with Crippen LogP contribution in [-0.4, -0.2) is 24.9 Å². The Morgan fingerprint density at radius 1 is 1.16 bits per heavy atom. The molecule has 2 rings (SSSR count). The molecule has 0 bridgehead atoms. The highest BCUT2D eigenvalue weighted by Crippen LogP contribution is 2.14. The summed E-state index contributed by atoms with van der Waals surface area (Å²) in [4.78, 5) is 24.0. The zero-order valence-corrected chi connectivity index (χ0v) is 15.1. The Kier molecular flexibility index (Phi) is 6.98. The van der Waals surface area contributed by atoms with E-state index in [0.717, 1.165) is 5.56 Å². The van der Waals surface area contributed by atoms with Crippen molar-refractivity contribution in [3.8, 4) is 0 Å². The first kappa shape index (κ1) is 19.0. The number of amides is 2. The number of anilines is 1. The van der Waals surface area contributed by atoms with E-state index in [1.807, 2.05) is 43.4 Å². The SMILES string of the molecule is CCNC(=O)c1cccc(NC(=O)C[NH2+][C@@H](C)c2cccc(Cl)c2)c1. The standard InChI is InChI=1S/C19H22ClN3O2/c1-3-21-19(25)15-7-5-9-17(11-15)23-18(24)12-22-13(2)14-6-4-8-16(20)10-14/h4-11,13,22H,3,12H2,1-2H3,(H,21,25)(H,23,24)/p+1/t13-/m0/s1. The van der Waals surface area contributed by atoms with Gasteiger partial charge in [-0.25, -0.2) is 0 Å². The lowest BCUT2D eigenvalue weighted by molar-refractivity contribution is -0.682. The lowest BCUT2D eigenvalue weighted by Gasteiger charge is -2.12. The molecule has 0 saturated carbocycles. The fourth-order valence-electron chi connectivity index (χ4n) is 2.42. The largest absolute Gasteiger partial charge is 0.352 e. The van der Waals surface area contributed by atoms with Gasteiger partial charge in [-0.1, -0.05) is 29.8 Å². The maximum atomic E-state index is 12.2. The summed E-state index contributed by atoms with van der Waals surface area (Å²) < 4.78 is 0. The molecule has 0 unspecified atom stereocenters. The number of nitrogens with two attached hydrogens (primary N) is 1. The summed E-state index contributed by atoms with van der Waals surface area (Å²) in [5.74, 6) is -0.276. The molecule has 0 heterocycles. The Morgan fingerprint density at radius 2 is 1.92 bits per heavy atom. The number of hydrogen-bond acceptors (Lipinski definition) is 2. The van der Waals surface area contributed by atoms with Gasteiger partial charge in [0.05, 0.1) is 0 Å². The van der Waals surface area contributed by atoms with Crippen molar-refractivity contribution in [3.05, 3.63) is 64.7 Å². The molecule has 0 aromatic heterocycles. The molecule has 0 aliphatic heterocycles. The van der Waals surface area contributed by atoms with E-state index < -0.39 is 0 Å². The maximum absolute atomic E-state index is 12.2. The molecule has 132 valence electrons. The van der Waals surface area contributed by atoms with Crippen molar-refractivity contribution < 1.29 is 14.9 Å². The summed E-state index contributed by atoms with van der Waals surface area (Å²) in [5.41, 5.74) is 2.20. The maximum Gasteiger partial charge on any atom is 0.279 e. The molecular weight excluding hydrogens is 338 g/mol. The van der Waals surface area contributed by atoms with Gasteiger partial charge in [0.2, 0.25) is 0 Å². The van der Waals surface area contributed by atoms with Gasteiger partial charge in [0.1, 0.15) is 6.04 Å². The van der Waals surface area contributed by atoms with Crippen LogP contribution in [0.25, 0.3) is 0 Å². The number of benzene rings is 2. The molecule has 1 atom stereocenters. The minimum absolute atomic E-state index is 0.117. The quantitative estimate of drug-likeness (QED) is 0.709. The van der Waals surface area contributed by atoms with E-state index in [0.29, 0.717) is 22.8 Å². The average molecular weight is 361 g/mol. The van der Waals surface area contributed by atoms with Crippen molar-refractivity contribution in [2.24, 2.45) is 0 Å². The Hall–Kier alpha value is -2.37. The predicted molar refractivity (Wildman–Crippen MR) is 99.7 cm³/mol. The highest BCUT2D eigenvalue weighted by Gasteiger charge is 2.12. The molecule has 2 aromatic rings. The van der Waals surface area contributed by atoms with Gasteiger partial charge in [0, 0.05) is 28.4 Å². The smallest absolute Gasteiger partial charge is 0.279 e. The van der Waals surface area contributed by atoms with Gasteiger partial charge < -0.3 is 16.0 Å². The van der Waals surface area contributed by atoms with E-state index in [9.17, 15) is 9.59 Å². The summed E-state index contributed by atoms with van der Waals surface area (Å²) in [5, 5.41) is 8.18. The third-order valence-electron chi connectivity index (χ3n) is 3.78. The fourth-order valence-corrected chi connectivity index (χ4v) is 2.62. The zero-order chi connectivity index (χ0) is 18.2. The predicted octanol–water partition coefficient (Wildman–Crippen LogP) is 2.35. The van der Waals surface area contributed by atoms with Crippen molar-refractivity contribution in [3.63, 3.8) is 0 Å². The lowest BCUT2D eigenvalue weighted by Crippen LogP contribution is -2.86. The third kappa shape index (κ3) is 5.89. The van der Waals surface area contributed by atoms with E-state index in [2.05, 4.69) is 10.6 Å². The van der Waals surface area contributed by atoms with Crippen molar-refractivity contribution >= 4 is 29.1 Å². The zero-order valence-electron chi connectivity index (χ0n) is 14.4. The molecular formula is C19H23ClN3O2+. The van der Waals surface area contributed by atoms with E-state index in [1.54, 1.807) is 24.3 Å². The molecule has 0 aliphatic rings. The summed E-state index contributed by atoms with van der Waals surface area (Å²) in [7, 11) is 0. The Bertz CT molecular complexity index is 749. The van der Waals surface area contributed by atoms with Gasteiger partial charge in [-0.2, -0.15) is 0 Å². The summed E-state index contributed by atoms with van der Waals surface area (Å²) in [6, 6.07) is 14.6. The summed E-state index contributed by atoms with van der Waals surface area (Å²) in [6.45, 7) is 4.72. The van der Waals surface area contributed by atoms with Crippen LogP contribution in [0.3, 0.4) is 0 Å². The average Bonchev–Trinajstić information content (AvgIpc) is 2.60. The second kappa shape index (κ2) is 9.20. The molecule has 2 aromatic carbocycles. The van der Waals surface area contributed by atoms with E-state index >= 15 is 0 Å². The second-order valence-corrected chi connectivity index (χ2v) is 6.21. The molecule has 4 N–H and O–H groups in total. The molecule has 6 heteroatoms. The number of nitrogens with one attached hydrogen (secondary N) is 2. The fraction of sp³-hybridized carbons (Fsp3) is 0.263. The van der Waals surface area contributed by atoms with Crippen LogP contribution in [0.4, 0.5) is 5.69 Å². The van der Waals surface area contributed by atoms with Crippen molar-refractivity contribution in [1.82, 2.24) is 5.32 Å². The molecule has 5 nitrogen and oxygen atoms in total. The highest BCUT2D eigenvalue weighted by atomic mass is 35.5. The number of hydrogen-bond donors (Lipinski definition) is 3.